The lowest BCUT2D eigenvalue weighted by Crippen LogP contribution is -2.30. The van der Waals surface area contributed by atoms with Gasteiger partial charge in [-0.25, -0.2) is 9.48 Å². The van der Waals surface area contributed by atoms with E-state index in [0.717, 1.165) is 6.42 Å². The maximum atomic E-state index is 12.0. The van der Waals surface area contributed by atoms with Gasteiger partial charge in [-0.3, -0.25) is 4.79 Å². The molecule has 1 heterocycles. The van der Waals surface area contributed by atoms with Crippen LogP contribution < -0.4 is 10.9 Å². The molecule has 1 aromatic rings. The molecule has 0 saturated carbocycles. The van der Waals surface area contributed by atoms with E-state index in [1.165, 1.54) is 10.9 Å². The minimum absolute atomic E-state index is 0.220. The van der Waals surface area contributed by atoms with Crippen LogP contribution in [0.25, 0.3) is 0 Å². The zero-order chi connectivity index (χ0) is 14.4. The van der Waals surface area contributed by atoms with Gasteiger partial charge >= 0.3 is 5.97 Å². The van der Waals surface area contributed by atoms with Gasteiger partial charge in [0.1, 0.15) is 10.5 Å². The van der Waals surface area contributed by atoms with Crippen molar-refractivity contribution in [1.29, 1.82) is 0 Å². The molecule has 7 heteroatoms. The van der Waals surface area contributed by atoms with Gasteiger partial charge in [0.25, 0.3) is 5.56 Å². The summed E-state index contributed by atoms with van der Waals surface area (Å²) in [6, 6.07) is -0.542. The molecular weight excluding hydrogens is 314 g/mol. The Morgan fingerprint density at radius 1 is 1.58 bits per heavy atom. The summed E-state index contributed by atoms with van der Waals surface area (Å²) < 4.78 is 6.63. The van der Waals surface area contributed by atoms with E-state index in [1.807, 2.05) is 6.92 Å². The molecule has 0 fully saturated rings. The molecule has 0 amide bonds. The average molecular weight is 332 g/mol. The van der Waals surface area contributed by atoms with Crippen molar-refractivity contribution in [3.8, 4) is 0 Å². The number of nitrogens with one attached hydrogen (secondary N) is 1. The summed E-state index contributed by atoms with van der Waals surface area (Å²) in [4.78, 5) is 23.5. The Kier molecular flexibility index (Phi) is 6.01. The summed E-state index contributed by atoms with van der Waals surface area (Å²) in [7, 11) is 0. The lowest BCUT2D eigenvalue weighted by atomic mass is 10.3. The Labute approximate surface area is 120 Å². The van der Waals surface area contributed by atoms with Gasteiger partial charge in [0.2, 0.25) is 0 Å². The zero-order valence-corrected chi connectivity index (χ0v) is 12.9. The number of hydrogen-bond donors (Lipinski definition) is 1. The van der Waals surface area contributed by atoms with Crippen molar-refractivity contribution in [3.05, 3.63) is 21.0 Å². The van der Waals surface area contributed by atoms with E-state index in [-0.39, 0.29) is 11.5 Å². The van der Waals surface area contributed by atoms with Gasteiger partial charge in [-0.1, -0.05) is 6.92 Å². The van der Waals surface area contributed by atoms with Crippen molar-refractivity contribution in [1.82, 2.24) is 9.78 Å². The number of aryl methyl sites for hydroxylation is 1. The van der Waals surface area contributed by atoms with E-state index in [9.17, 15) is 9.59 Å². The monoisotopic (exact) mass is 331 g/mol. The number of carbonyl (C=O) groups is 1. The van der Waals surface area contributed by atoms with E-state index in [2.05, 4.69) is 26.3 Å². The normalized spacial score (nSPS) is 12.0. The predicted molar refractivity (Wildman–Crippen MR) is 76.2 cm³/mol. The molecule has 1 atom stereocenters. The van der Waals surface area contributed by atoms with E-state index in [0.29, 0.717) is 23.3 Å². The molecule has 0 radical (unpaired) electrons. The fraction of sp³-hybridized carbons (Fsp3) is 0.583. The minimum Gasteiger partial charge on any atom is -0.464 e. The number of esters is 1. The van der Waals surface area contributed by atoms with Crippen LogP contribution in [0, 0.1) is 0 Å². The Bertz CT molecular complexity index is 501. The number of halogens is 1. The molecule has 0 aliphatic heterocycles. The van der Waals surface area contributed by atoms with Gasteiger partial charge in [-0.05, 0) is 36.2 Å². The molecule has 6 nitrogen and oxygen atoms in total. The molecule has 1 rings (SSSR count). The SMILES string of the molecule is CCCn1ncc(NC(C)C(=O)OCC)c(Br)c1=O. The van der Waals surface area contributed by atoms with Crippen LogP contribution in [0.1, 0.15) is 27.2 Å². The van der Waals surface area contributed by atoms with Crippen molar-refractivity contribution in [2.45, 2.75) is 39.8 Å². The second kappa shape index (κ2) is 7.28. The van der Waals surface area contributed by atoms with Gasteiger partial charge < -0.3 is 10.1 Å². The molecule has 0 aliphatic rings. The zero-order valence-electron chi connectivity index (χ0n) is 11.3. The number of aromatic nitrogens is 2. The third-order valence-corrected chi connectivity index (χ3v) is 3.20. The summed E-state index contributed by atoms with van der Waals surface area (Å²) in [5.41, 5.74) is 0.265. The van der Waals surface area contributed by atoms with Crippen LogP contribution in [0.5, 0.6) is 0 Å². The van der Waals surface area contributed by atoms with Crippen LogP contribution in [0.15, 0.2) is 15.5 Å². The molecule has 0 aliphatic carbocycles. The first-order chi connectivity index (χ1) is 9.01. The molecule has 0 saturated heterocycles. The summed E-state index contributed by atoms with van der Waals surface area (Å²) in [6.07, 6.45) is 2.35. The molecule has 1 N–H and O–H groups in total. The first-order valence-corrected chi connectivity index (χ1v) is 6.99. The molecule has 1 unspecified atom stereocenters. The number of nitrogens with zero attached hydrogens (tertiary/aromatic N) is 2. The van der Waals surface area contributed by atoms with E-state index >= 15 is 0 Å². The third-order valence-electron chi connectivity index (χ3n) is 2.43. The Hall–Kier alpha value is -1.37. The van der Waals surface area contributed by atoms with Crippen molar-refractivity contribution in [3.63, 3.8) is 0 Å². The van der Waals surface area contributed by atoms with Gasteiger partial charge in [0.15, 0.2) is 0 Å². The predicted octanol–water partition coefficient (Wildman–Crippen LogP) is 1.78. The van der Waals surface area contributed by atoms with Crippen molar-refractivity contribution in [2.24, 2.45) is 0 Å². The summed E-state index contributed by atoms with van der Waals surface area (Å²) in [5.74, 6) is -0.368. The highest BCUT2D eigenvalue weighted by Gasteiger charge is 2.16. The number of anilines is 1. The van der Waals surface area contributed by atoms with Crippen LogP contribution >= 0.6 is 15.9 Å². The van der Waals surface area contributed by atoms with Crippen LogP contribution in [0.4, 0.5) is 5.69 Å². The van der Waals surface area contributed by atoms with Gasteiger partial charge in [0.05, 0.1) is 18.5 Å². The van der Waals surface area contributed by atoms with E-state index < -0.39 is 6.04 Å². The summed E-state index contributed by atoms with van der Waals surface area (Å²) in [5, 5.41) is 6.95. The van der Waals surface area contributed by atoms with Gasteiger partial charge in [-0.2, -0.15) is 5.10 Å². The fourth-order valence-electron chi connectivity index (χ4n) is 1.50. The highest BCUT2D eigenvalue weighted by molar-refractivity contribution is 9.10. The van der Waals surface area contributed by atoms with E-state index in [4.69, 9.17) is 4.74 Å². The number of hydrogen-bond acceptors (Lipinski definition) is 5. The van der Waals surface area contributed by atoms with Crippen molar-refractivity contribution >= 4 is 27.6 Å². The second-order valence-corrected chi connectivity index (χ2v) is 4.81. The topological polar surface area (TPSA) is 73.2 Å². The Morgan fingerprint density at radius 2 is 2.26 bits per heavy atom. The lowest BCUT2D eigenvalue weighted by molar-refractivity contribution is -0.143. The maximum Gasteiger partial charge on any atom is 0.328 e. The molecule has 1 aromatic heterocycles. The van der Waals surface area contributed by atoms with Crippen molar-refractivity contribution in [2.75, 3.05) is 11.9 Å². The lowest BCUT2D eigenvalue weighted by Gasteiger charge is -2.15. The minimum atomic E-state index is -0.542. The quantitative estimate of drug-likeness (QED) is 0.804. The Balaban J connectivity index is 2.88. The highest BCUT2D eigenvalue weighted by atomic mass is 79.9. The molecule has 106 valence electrons. The van der Waals surface area contributed by atoms with Crippen LogP contribution in [0.3, 0.4) is 0 Å². The molecular formula is C12H18BrN3O3. The first kappa shape index (κ1) is 15.7. The standard InChI is InChI=1S/C12H18BrN3O3/c1-4-6-16-11(17)10(13)9(7-14-16)15-8(3)12(18)19-5-2/h7-8,15H,4-6H2,1-3H3. The first-order valence-electron chi connectivity index (χ1n) is 6.20. The average Bonchev–Trinajstić information content (AvgIpc) is 2.38. The number of carbonyl (C=O) groups excluding carboxylic acids is 1. The maximum absolute atomic E-state index is 12.0. The highest BCUT2D eigenvalue weighted by Crippen LogP contribution is 2.17. The number of rotatable bonds is 6. The van der Waals surface area contributed by atoms with Crippen LogP contribution in [0.2, 0.25) is 0 Å². The van der Waals surface area contributed by atoms with Gasteiger partial charge in [-0.15, -0.1) is 0 Å². The van der Waals surface area contributed by atoms with E-state index in [1.54, 1.807) is 13.8 Å². The van der Waals surface area contributed by atoms with Crippen LogP contribution in [-0.2, 0) is 16.1 Å². The third kappa shape index (κ3) is 4.05. The fourth-order valence-corrected chi connectivity index (χ4v) is 1.92. The van der Waals surface area contributed by atoms with Crippen molar-refractivity contribution < 1.29 is 9.53 Å². The molecule has 0 spiro atoms. The molecule has 0 aromatic carbocycles. The smallest absolute Gasteiger partial charge is 0.328 e. The number of ether oxygens (including phenoxy) is 1. The largest absolute Gasteiger partial charge is 0.464 e. The molecule has 0 bridgehead atoms. The summed E-state index contributed by atoms with van der Waals surface area (Å²) in [6.45, 7) is 6.26. The van der Waals surface area contributed by atoms with Gasteiger partial charge in [0, 0.05) is 6.54 Å². The summed E-state index contributed by atoms with van der Waals surface area (Å²) >= 11 is 3.23. The van der Waals surface area contributed by atoms with Crippen LogP contribution in [-0.4, -0.2) is 28.4 Å². The Morgan fingerprint density at radius 3 is 2.84 bits per heavy atom. The molecule has 19 heavy (non-hydrogen) atoms. The second-order valence-electron chi connectivity index (χ2n) is 4.02.